The first kappa shape index (κ1) is 20.6. The van der Waals surface area contributed by atoms with Gasteiger partial charge in [-0.2, -0.15) is 0 Å². The quantitative estimate of drug-likeness (QED) is 0.423. The van der Waals surface area contributed by atoms with Crippen molar-refractivity contribution < 1.29 is 14.3 Å². The normalized spacial score (nSPS) is 12.0. The third kappa shape index (κ3) is 5.01. The minimum atomic E-state index is -0.785. The van der Waals surface area contributed by atoms with Gasteiger partial charge in [0, 0.05) is 33.4 Å². The first-order chi connectivity index (χ1) is 13.5. The van der Waals surface area contributed by atoms with Crippen LogP contribution in [-0.4, -0.2) is 35.8 Å². The number of halogens is 2. The van der Waals surface area contributed by atoms with Crippen molar-refractivity contribution in [2.45, 2.75) is 17.4 Å². The molecular weight excluding hydrogens is 419 g/mol. The number of aromatic nitrogens is 1. The number of ether oxygens (including phenoxy) is 1. The number of carbonyl (C=O) groups is 2. The molecule has 0 aliphatic rings. The van der Waals surface area contributed by atoms with Crippen LogP contribution in [0, 0.1) is 0 Å². The maximum Gasteiger partial charge on any atom is 0.328 e. The van der Waals surface area contributed by atoms with E-state index in [1.807, 2.05) is 30.5 Å². The number of aromatic amines is 1. The topological polar surface area (TPSA) is 71.2 Å². The Morgan fingerprint density at radius 1 is 1.21 bits per heavy atom. The highest BCUT2D eigenvalue weighted by Gasteiger charge is 2.23. The fourth-order valence-electron chi connectivity index (χ4n) is 2.82. The Hall–Kier alpha value is -2.15. The number of amides is 1. The van der Waals surface area contributed by atoms with Gasteiger partial charge < -0.3 is 15.0 Å². The van der Waals surface area contributed by atoms with E-state index in [0.29, 0.717) is 21.4 Å². The Bertz CT molecular complexity index is 1010. The molecule has 1 amide bonds. The third-order valence-corrected chi connectivity index (χ3v) is 5.90. The van der Waals surface area contributed by atoms with E-state index >= 15 is 0 Å². The highest BCUT2D eigenvalue weighted by Crippen LogP contribution is 2.29. The first-order valence-electron chi connectivity index (χ1n) is 8.48. The molecule has 0 saturated heterocycles. The van der Waals surface area contributed by atoms with E-state index in [2.05, 4.69) is 10.3 Å². The number of rotatable bonds is 7. The van der Waals surface area contributed by atoms with Gasteiger partial charge in [0.2, 0.25) is 5.91 Å². The summed E-state index contributed by atoms with van der Waals surface area (Å²) in [7, 11) is 1.30. The summed E-state index contributed by atoms with van der Waals surface area (Å²) in [4.78, 5) is 28.5. The molecule has 146 valence electrons. The smallest absolute Gasteiger partial charge is 0.328 e. The molecule has 0 bridgehead atoms. The number of para-hydroxylation sites is 1. The second kappa shape index (κ2) is 9.37. The molecule has 2 aromatic carbocycles. The number of H-pyrrole nitrogens is 1. The van der Waals surface area contributed by atoms with E-state index in [9.17, 15) is 9.59 Å². The molecule has 0 aliphatic heterocycles. The zero-order valence-corrected chi connectivity index (χ0v) is 17.3. The minimum Gasteiger partial charge on any atom is -0.467 e. The molecule has 0 spiro atoms. The maximum atomic E-state index is 12.4. The number of benzene rings is 2. The number of esters is 1. The zero-order chi connectivity index (χ0) is 20.1. The standard InChI is InChI=1S/C20H18Cl2N2O3S/c1-27-20(26)17(8-12-10-23-16-5-3-2-4-14(12)16)24-19(25)11-28-18-9-13(21)6-7-15(18)22/h2-7,9-10,17,23H,8,11H2,1H3,(H,24,25)/t17-/m1/s1. The number of fused-ring (bicyclic) bond motifs is 1. The molecule has 0 saturated carbocycles. The molecule has 3 rings (SSSR count). The first-order valence-corrected chi connectivity index (χ1v) is 10.2. The number of hydrogen-bond donors (Lipinski definition) is 2. The summed E-state index contributed by atoms with van der Waals surface area (Å²) in [5.41, 5.74) is 1.90. The lowest BCUT2D eigenvalue weighted by atomic mass is 10.0. The van der Waals surface area contributed by atoms with Crippen molar-refractivity contribution in [2.24, 2.45) is 0 Å². The van der Waals surface area contributed by atoms with Gasteiger partial charge in [0.25, 0.3) is 0 Å². The van der Waals surface area contributed by atoms with E-state index in [4.69, 9.17) is 27.9 Å². The summed E-state index contributed by atoms with van der Waals surface area (Å²) in [6.07, 6.45) is 2.16. The summed E-state index contributed by atoms with van der Waals surface area (Å²) in [6, 6.07) is 12.1. The molecule has 0 radical (unpaired) electrons. The van der Waals surface area contributed by atoms with Gasteiger partial charge in [0.1, 0.15) is 6.04 Å². The number of carbonyl (C=O) groups excluding carboxylic acids is 2. The Labute approximate surface area is 176 Å². The fourth-order valence-corrected chi connectivity index (χ4v) is 4.13. The van der Waals surface area contributed by atoms with Crippen LogP contribution in [-0.2, 0) is 20.7 Å². The van der Waals surface area contributed by atoms with Crippen LogP contribution in [0.2, 0.25) is 10.0 Å². The number of nitrogens with one attached hydrogen (secondary N) is 2. The Morgan fingerprint density at radius 2 is 2.00 bits per heavy atom. The molecule has 0 unspecified atom stereocenters. The largest absolute Gasteiger partial charge is 0.467 e. The highest BCUT2D eigenvalue weighted by atomic mass is 35.5. The van der Waals surface area contributed by atoms with Gasteiger partial charge in [-0.05, 0) is 29.8 Å². The van der Waals surface area contributed by atoms with E-state index < -0.39 is 12.0 Å². The van der Waals surface area contributed by atoms with Crippen LogP contribution in [0.3, 0.4) is 0 Å². The van der Waals surface area contributed by atoms with Gasteiger partial charge >= 0.3 is 5.97 Å². The fraction of sp³-hybridized carbons (Fsp3) is 0.200. The van der Waals surface area contributed by atoms with Crippen molar-refractivity contribution in [2.75, 3.05) is 12.9 Å². The Kier molecular flexibility index (Phi) is 6.88. The number of thioether (sulfide) groups is 1. The lowest BCUT2D eigenvalue weighted by Crippen LogP contribution is -2.43. The van der Waals surface area contributed by atoms with Crippen molar-refractivity contribution in [1.29, 1.82) is 0 Å². The van der Waals surface area contributed by atoms with Gasteiger partial charge in [-0.3, -0.25) is 4.79 Å². The van der Waals surface area contributed by atoms with Gasteiger partial charge in [-0.1, -0.05) is 41.4 Å². The van der Waals surface area contributed by atoms with Gasteiger partial charge in [0.05, 0.1) is 17.9 Å². The minimum absolute atomic E-state index is 0.0987. The van der Waals surface area contributed by atoms with Crippen molar-refractivity contribution in [1.82, 2.24) is 10.3 Å². The predicted octanol–water partition coefficient (Wildman–Crippen LogP) is 4.47. The Morgan fingerprint density at radius 3 is 2.79 bits per heavy atom. The van der Waals surface area contributed by atoms with Crippen molar-refractivity contribution in [3.63, 3.8) is 0 Å². The van der Waals surface area contributed by atoms with Gasteiger partial charge in [-0.15, -0.1) is 11.8 Å². The second-order valence-corrected chi connectivity index (χ2v) is 7.93. The van der Waals surface area contributed by atoms with Gasteiger partial charge in [0.15, 0.2) is 0 Å². The molecule has 3 aromatic rings. The van der Waals surface area contributed by atoms with Crippen LogP contribution >= 0.6 is 35.0 Å². The number of hydrogen-bond acceptors (Lipinski definition) is 4. The maximum absolute atomic E-state index is 12.4. The highest BCUT2D eigenvalue weighted by molar-refractivity contribution is 8.00. The molecule has 2 N–H and O–H groups in total. The molecule has 8 heteroatoms. The Balaban J connectivity index is 1.67. The molecule has 28 heavy (non-hydrogen) atoms. The molecule has 1 heterocycles. The molecule has 1 aromatic heterocycles. The van der Waals surface area contributed by atoms with Crippen LogP contribution in [0.15, 0.2) is 53.6 Å². The van der Waals surface area contributed by atoms with Crippen LogP contribution in [0.5, 0.6) is 0 Å². The summed E-state index contributed by atoms with van der Waals surface area (Å²) in [5, 5.41) is 4.82. The van der Waals surface area contributed by atoms with Gasteiger partial charge in [-0.25, -0.2) is 4.79 Å². The summed E-state index contributed by atoms with van der Waals surface area (Å²) in [6.45, 7) is 0. The second-order valence-electron chi connectivity index (χ2n) is 6.07. The average Bonchev–Trinajstić information content (AvgIpc) is 3.10. The van der Waals surface area contributed by atoms with Crippen molar-refractivity contribution in [3.8, 4) is 0 Å². The van der Waals surface area contributed by atoms with E-state index in [0.717, 1.165) is 16.5 Å². The van der Waals surface area contributed by atoms with E-state index in [-0.39, 0.29) is 11.7 Å². The molecule has 1 atom stereocenters. The monoisotopic (exact) mass is 436 g/mol. The molecular formula is C20H18Cl2N2O3S. The zero-order valence-electron chi connectivity index (χ0n) is 15.0. The van der Waals surface area contributed by atoms with Crippen molar-refractivity contribution in [3.05, 3.63) is 64.3 Å². The summed E-state index contributed by atoms with van der Waals surface area (Å²) in [5.74, 6) is -0.692. The number of methoxy groups -OCH3 is 1. The summed E-state index contributed by atoms with van der Waals surface area (Å²) >= 11 is 13.3. The predicted molar refractivity (Wildman–Crippen MR) is 113 cm³/mol. The van der Waals surface area contributed by atoms with Crippen LogP contribution in [0.4, 0.5) is 0 Å². The van der Waals surface area contributed by atoms with Crippen LogP contribution in [0.25, 0.3) is 10.9 Å². The van der Waals surface area contributed by atoms with Crippen LogP contribution < -0.4 is 5.32 Å². The van der Waals surface area contributed by atoms with Crippen LogP contribution in [0.1, 0.15) is 5.56 Å². The molecule has 0 aliphatic carbocycles. The average molecular weight is 437 g/mol. The SMILES string of the molecule is COC(=O)[C@@H](Cc1c[nH]c2ccccc12)NC(=O)CSc1cc(Cl)ccc1Cl. The van der Waals surface area contributed by atoms with E-state index in [1.165, 1.54) is 18.9 Å². The lowest BCUT2D eigenvalue weighted by Gasteiger charge is -2.16. The third-order valence-electron chi connectivity index (χ3n) is 4.17. The lowest BCUT2D eigenvalue weighted by molar-refractivity contribution is -0.144. The molecule has 0 fully saturated rings. The van der Waals surface area contributed by atoms with Crippen molar-refractivity contribution >= 4 is 57.7 Å². The molecule has 5 nitrogen and oxygen atoms in total. The van der Waals surface area contributed by atoms with E-state index in [1.54, 1.807) is 18.2 Å². The summed E-state index contributed by atoms with van der Waals surface area (Å²) < 4.78 is 4.86.